The highest BCUT2D eigenvalue weighted by Gasteiger charge is 2.20. The topological polar surface area (TPSA) is 97.1 Å². The lowest BCUT2D eigenvalue weighted by Gasteiger charge is -2.11. The molecule has 0 aliphatic rings. The minimum atomic E-state index is -4.11. The largest absolute Gasteiger partial charge is 0.323 e. The first-order valence-electron chi connectivity index (χ1n) is 5.32. The number of rotatable bonds is 4. The lowest BCUT2D eigenvalue weighted by Crippen LogP contribution is -2.18. The molecule has 9 heteroatoms. The summed E-state index contributed by atoms with van der Waals surface area (Å²) in [5, 5.41) is 0. The van der Waals surface area contributed by atoms with E-state index in [1.165, 1.54) is 12.3 Å². The van der Waals surface area contributed by atoms with E-state index >= 15 is 0 Å². The maximum Gasteiger partial charge on any atom is 0.265 e. The summed E-state index contributed by atoms with van der Waals surface area (Å²) in [7, 11) is -4.11. The molecule has 0 fully saturated rings. The Labute approximate surface area is 113 Å². The molecule has 0 saturated heterocycles. The molecule has 4 N–H and O–H groups in total. The van der Waals surface area contributed by atoms with Gasteiger partial charge in [0.25, 0.3) is 10.0 Å². The predicted molar refractivity (Wildman–Crippen MR) is 69.2 cm³/mol. The first-order chi connectivity index (χ1) is 9.44. The minimum absolute atomic E-state index is 0.0926. The van der Waals surface area contributed by atoms with Crippen molar-refractivity contribution in [1.82, 2.24) is 4.98 Å². The first kappa shape index (κ1) is 14.2. The summed E-state index contributed by atoms with van der Waals surface area (Å²) in [5.41, 5.74) is 1.91. The normalized spacial score (nSPS) is 11.2. The van der Waals surface area contributed by atoms with Crippen LogP contribution in [0.3, 0.4) is 0 Å². The van der Waals surface area contributed by atoms with Crippen LogP contribution in [-0.4, -0.2) is 13.4 Å². The third-order valence-corrected chi connectivity index (χ3v) is 3.80. The number of halogens is 2. The molecule has 0 atom stereocenters. The molecule has 1 aromatic carbocycles. The van der Waals surface area contributed by atoms with E-state index in [0.29, 0.717) is 6.07 Å². The van der Waals surface area contributed by atoms with Crippen LogP contribution in [-0.2, 0) is 10.0 Å². The highest BCUT2D eigenvalue weighted by molar-refractivity contribution is 7.92. The third-order valence-electron chi connectivity index (χ3n) is 2.40. The number of sulfonamides is 1. The van der Waals surface area contributed by atoms with Crippen LogP contribution in [0.15, 0.2) is 41.6 Å². The van der Waals surface area contributed by atoms with Gasteiger partial charge in [-0.1, -0.05) is 0 Å². The number of hydrazine groups is 1. The summed E-state index contributed by atoms with van der Waals surface area (Å²) in [6, 6.07) is 3.83. The fourth-order valence-electron chi connectivity index (χ4n) is 1.49. The zero-order valence-corrected chi connectivity index (χ0v) is 10.8. The van der Waals surface area contributed by atoms with Crippen LogP contribution in [0.4, 0.5) is 20.2 Å². The third kappa shape index (κ3) is 2.83. The van der Waals surface area contributed by atoms with Gasteiger partial charge in [0.15, 0.2) is 0 Å². The number of nitrogens with two attached hydrogens (primary N) is 1. The molecule has 0 amide bonds. The van der Waals surface area contributed by atoms with E-state index in [9.17, 15) is 17.2 Å². The van der Waals surface area contributed by atoms with Crippen molar-refractivity contribution in [1.29, 1.82) is 0 Å². The van der Waals surface area contributed by atoms with Gasteiger partial charge in [0.1, 0.15) is 16.5 Å². The van der Waals surface area contributed by atoms with E-state index < -0.39 is 21.7 Å². The van der Waals surface area contributed by atoms with Gasteiger partial charge in [-0.15, -0.1) is 0 Å². The van der Waals surface area contributed by atoms with E-state index in [-0.39, 0.29) is 16.3 Å². The van der Waals surface area contributed by atoms with Gasteiger partial charge in [0, 0.05) is 18.5 Å². The van der Waals surface area contributed by atoms with Crippen molar-refractivity contribution >= 4 is 21.4 Å². The van der Waals surface area contributed by atoms with Crippen LogP contribution in [0.25, 0.3) is 0 Å². The van der Waals surface area contributed by atoms with Crippen molar-refractivity contribution in [3.8, 4) is 0 Å². The maximum atomic E-state index is 13.5. The highest BCUT2D eigenvalue weighted by Crippen LogP contribution is 2.23. The second-order valence-electron chi connectivity index (χ2n) is 3.75. The van der Waals surface area contributed by atoms with E-state index in [0.717, 1.165) is 18.3 Å². The van der Waals surface area contributed by atoms with E-state index in [2.05, 4.69) is 10.4 Å². The number of aromatic nitrogens is 1. The zero-order chi connectivity index (χ0) is 14.8. The molecule has 0 spiro atoms. The summed E-state index contributed by atoms with van der Waals surface area (Å²) >= 11 is 0. The Balaban J connectivity index is 2.41. The van der Waals surface area contributed by atoms with Gasteiger partial charge in [-0.2, -0.15) is 0 Å². The molecule has 0 saturated carbocycles. The predicted octanol–water partition coefficient (Wildman–Crippen LogP) is 1.45. The summed E-state index contributed by atoms with van der Waals surface area (Å²) in [5.74, 6) is 3.36. The highest BCUT2D eigenvalue weighted by atomic mass is 32.2. The minimum Gasteiger partial charge on any atom is -0.323 e. The van der Waals surface area contributed by atoms with Crippen molar-refractivity contribution in [3.05, 3.63) is 48.3 Å². The van der Waals surface area contributed by atoms with Gasteiger partial charge in [0.2, 0.25) is 0 Å². The summed E-state index contributed by atoms with van der Waals surface area (Å²) in [6.07, 6.45) is 2.39. The Morgan fingerprint density at radius 2 is 1.90 bits per heavy atom. The van der Waals surface area contributed by atoms with E-state index in [1.54, 1.807) is 0 Å². The zero-order valence-electron chi connectivity index (χ0n) is 9.97. The van der Waals surface area contributed by atoms with Gasteiger partial charge in [0.05, 0.1) is 11.4 Å². The van der Waals surface area contributed by atoms with Crippen LogP contribution in [0.2, 0.25) is 0 Å². The maximum absolute atomic E-state index is 13.5. The van der Waals surface area contributed by atoms with Crippen molar-refractivity contribution < 1.29 is 17.2 Å². The van der Waals surface area contributed by atoms with Crippen LogP contribution in [0.5, 0.6) is 0 Å². The quantitative estimate of drug-likeness (QED) is 0.586. The number of nitrogen functional groups attached to an aromatic ring is 1. The Morgan fingerprint density at radius 3 is 2.55 bits per heavy atom. The van der Waals surface area contributed by atoms with Gasteiger partial charge in [-0.05, 0) is 18.2 Å². The lowest BCUT2D eigenvalue weighted by molar-refractivity contribution is 0.582. The van der Waals surface area contributed by atoms with Crippen molar-refractivity contribution in [3.63, 3.8) is 0 Å². The molecule has 1 heterocycles. The van der Waals surface area contributed by atoms with Crippen LogP contribution in [0.1, 0.15) is 0 Å². The van der Waals surface area contributed by atoms with E-state index in [1.807, 2.05) is 4.72 Å². The number of nitrogens with zero attached hydrogens (tertiary/aromatic N) is 1. The molecule has 1 aromatic heterocycles. The summed E-state index contributed by atoms with van der Waals surface area (Å²) in [6.45, 7) is 0. The lowest BCUT2D eigenvalue weighted by atomic mass is 10.3. The standard InChI is InChI=1S/C11H10F2N4O2S/c12-7-1-2-9(8(13)5-7)17-20(18,19)11-6-15-4-3-10(11)16-14/h1-6,17H,14H2,(H,15,16). The van der Waals surface area contributed by atoms with Crippen LogP contribution >= 0.6 is 0 Å². The molecule has 0 aliphatic carbocycles. The van der Waals surface area contributed by atoms with Crippen molar-refractivity contribution in [2.75, 3.05) is 10.1 Å². The Morgan fingerprint density at radius 1 is 1.15 bits per heavy atom. The summed E-state index contributed by atoms with van der Waals surface area (Å²) in [4.78, 5) is 3.41. The van der Waals surface area contributed by atoms with Gasteiger partial charge < -0.3 is 5.43 Å². The average molecular weight is 300 g/mol. The smallest absolute Gasteiger partial charge is 0.265 e. The molecular formula is C11H10F2N4O2S. The molecule has 0 radical (unpaired) electrons. The molecule has 2 rings (SSSR count). The number of pyridine rings is 1. The molecule has 2 aromatic rings. The van der Waals surface area contributed by atoms with Gasteiger partial charge in [-0.3, -0.25) is 15.5 Å². The Kier molecular flexibility index (Phi) is 3.81. The Hall–Kier alpha value is -2.26. The fourth-order valence-corrected chi connectivity index (χ4v) is 2.67. The number of benzene rings is 1. The second kappa shape index (κ2) is 5.39. The van der Waals surface area contributed by atoms with Crippen LogP contribution < -0.4 is 16.0 Å². The number of nitrogens with one attached hydrogen (secondary N) is 2. The number of hydrogen-bond donors (Lipinski definition) is 3. The average Bonchev–Trinajstić information content (AvgIpc) is 2.42. The van der Waals surface area contributed by atoms with Gasteiger partial charge in [-0.25, -0.2) is 17.2 Å². The first-order valence-corrected chi connectivity index (χ1v) is 6.81. The molecule has 0 bridgehead atoms. The molecule has 0 unspecified atom stereocenters. The molecule has 0 aliphatic heterocycles. The Bertz CT molecular complexity index is 737. The molecule has 106 valence electrons. The van der Waals surface area contributed by atoms with E-state index in [4.69, 9.17) is 5.84 Å². The monoisotopic (exact) mass is 300 g/mol. The molecule has 20 heavy (non-hydrogen) atoms. The SMILES string of the molecule is NNc1ccncc1S(=O)(=O)Nc1ccc(F)cc1F. The van der Waals surface area contributed by atoms with Crippen molar-refractivity contribution in [2.45, 2.75) is 4.90 Å². The number of anilines is 2. The van der Waals surface area contributed by atoms with Gasteiger partial charge >= 0.3 is 0 Å². The summed E-state index contributed by atoms with van der Waals surface area (Å²) < 4.78 is 52.4. The second-order valence-corrected chi connectivity index (χ2v) is 5.40. The molecular weight excluding hydrogens is 290 g/mol. The number of hydrogen-bond acceptors (Lipinski definition) is 5. The molecule has 6 nitrogen and oxygen atoms in total. The van der Waals surface area contributed by atoms with Crippen molar-refractivity contribution in [2.24, 2.45) is 5.84 Å². The fraction of sp³-hybridized carbons (Fsp3) is 0. The van der Waals surface area contributed by atoms with Crippen LogP contribution in [0, 0.1) is 11.6 Å².